The Morgan fingerprint density at radius 3 is 2.33 bits per heavy atom. The molecule has 0 N–H and O–H groups in total. The van der Waals surface area contributed by atoms with E-state index in [1.807, 2.05) is 14.1 Å². The fourth-order valence-electron chi connectivity index (χ4n) is 2.65. The molecule has 7 heteroatoms. The zero-order valence-corrected chi connectivity index (χ0v) is 14.8. The Morgan fingerprint density at radius 1 is 1.29 bits per heavy atom. The fourth-order valence-corrected chi connectivity index (χ4v) is 4.16. The Labute approximate surface area is 134 Å². The summed E-state index contributed by atoms with van der Waals surface area (Å²) in [5.41, 5.74) is -0.101. The van der Waals surface area contributed by atoms with E-state index in [0.717, 1.165) is 25.3 Å². The minimum atomic E-state index is -3.68. The number of nitrogens with zero attached hydrogens (tertiary/aromatic N) is 2. The van der Waals surface area contributed by atoms with Crippen LogP contribution >= 0.6 is 15.9 Å². The summed E-state index contributed by atoms with van der Waals surface area (Å²) in [7, 11) is 1.82. The quantitative estimate of drug-likeness (QED) is 0.790. The van der Waals surface area contributed by atoms with Crippen molar-refractivity contribution in [3.05, 3.63) is 28.5 Å². The van der Waals surface area contributed by atoms with Crippen LogP contribution in [0.25, 0.3) is 0 Å². The van der Waals surface area contributed by atoms with Gasteiger partial charge < -0.3 is 4.90 Å². The third-order valence-corrected chi connectivity index (χ3v) is 6.79. The lowest BCUT2D eigenvalue weighted by molar-refractivity contribution is 0.0455. The fraction of sp³-hybridized carbons (Fsp3) is 0.571. The molecule has 1 aliphatic rings. The first-order valence-electron chi connectivity index (χ1n) is 6.78. The standard InChI is InChI=1S/C14H20BrFN2O2S/c1-17(2)14(7-4-8-14)10-18(3)21(19,20)11-5-6-12(15)13(16)9-11/h5-6,9H,4,7-8,10H2,1-3H3. The molecule has 0 radical (unpaired) electrons. The highest BCUT2D eigenvalue weighted by atomic mass is 79.9. The van der Waals surface area contributed by atoms with Crippen LogP contribution in [0.2, 0.25) is 0 Å². The number of benzene rings is 1. The smallest absolute Gasteiger partial charge is 0.242 e. The summed E-state index contributed by atoms with van der Waals surface area (Å²) in [6, 6.07) is 3.89. The van der Waals surface area contributed by atoms with E-state index in [9.17, 15) is 12.8 Å². The zero-order chi connectivity index (χ0) is 15.8. The van der Waals surface area contributed by atoms with Gasteiger partial charge in [-0.05, 0) is 67.5 Å². The maximum absolute atomic E-state index is 13.6. The van der Waals surface area contributed by atoms with Crippen molar-refractivity contribution in [2.24, 2.45) is 0 Å². The molecule has 0 atom stereocenters. The summed E-state index contributed by atoms with van der Waals surface area (Å²) < 4.78 is 40.3. The van der Waals surface area contributed by atoms with Crippen LogP contribution in [0.1, 0.15) is 19.3 Å². The van der Waals surface area contributed by atoms with Crippen molar-refractivity contribution >= 4 is 26.0 Å². The van der Waals surface area contributed by atoms with Gasteiger partial charge in [-0.1, -0.05) is 0 Å². The number of halogens is 2. The Hall–Kier alpha value is -0.500. The molecular formula is C14H20BrFN2O2S. The van der Waals surface area contributed by atoms with Crippen LogP contribution in [-0.4, -0.2) is 50.8 Å². The van der Waals surface area contributed by atoms with Crippen molar-refractivity contribution in [2.75, 3.05) is 27.7 Å². The van der Waals surface area contributed by atoms with Gasteiger partial charge in [0.1, 0.15) is 5.82 Å². The largest absolute Gasteiger partial charge is 0.302 e. The monoisotopic (exact) mass is 378 g/mol. The maximum Gasteiger partial charge on any atom is 0.242 e. The average Bonchev–Trinajstić information content (AvgIpc) is 2.36. The molecule has 0 spiro atoms. The lowest BCUT2D eigenvalue weighted by Gasteiger charge is -2.48. The van der Waals surface area contributed by atoms with Gasteiger partial charge in [-0.2, -0.15) is 4.31 Å². The summed E-state index contributed by atoms with van der Waals surface area (Å²) in [5, 5.41) is 0. The second-order valence-corrected chi connectivity index (χ2v) is 8.71. The van der Waals surface area contributed by atoms with Crippen LogP contribution in [0.5, 0.6) is 0 Å². The number of hydrogen-bond acceptors (Lipinski definition) is 3. The summed E-state index contributed by atoms with van der Waals surface area (Å²) >= 11 is 3.03. The van der Waals surface area contributed by atoms with Gasteiger partial charge in [-0.15, -0.1) is 0 Å². The van der Waals surface area contributed by atoms with E-state index in [4.69, 9.17) is 0 Å². The van der Waals surface area contributed by atoms with Gasteiger partial charge in [0, 0.05) is 19.1 Å². The molecule has 21 heavy (non-hydrogen) atoms. The average molecular weight is 379 g/mol. The SMILES string of the molecule is CN(C)C1(CN(C)S(=O)(=O)c2ccc(Br)c(F)c2)CCC1. The lowest BCUT2D eigenvalue weighted by atomic mass is 9.75. The first-order chi connectivity index (χ1) is 9.69. The Morgan fingerprint density at radius 2 is 1.90 bits per heavy atom. The third kappa shape index (κ3) is 3.16. The van der Waals surface area contributed by atoms with Gasteiger partial charge in [-0.3, -0.25) is 0 Å². The zero-order valence-electron chi connectivity index (χ0n) is 12.4. The van der Waals surface area contributed by atoms with Crippen LogP contribution in [-0.2, 0) is 10.0 Å². The molecule has 118 valence electrons. The minimum Gasteiger partial charge on any atom is -0.302 e. The third-order valence-electron chi connectivity index (χ3n) is 4.35. The Kier molecular flexibility index (Phi) is 4.78. The van der Waals surface area contributed by atoms with Gasteiger partial charge in [-0.25, -0.2) is 12.8 Å². The molecule has 0 heterocycles. The first kappa shape index (κ1) is 16.9. The van der Waals surface area contributed by atoms with E-state index in [-0.39, 0.29) is 14.9 Å². The lowest BCUT2D eigenvalue weighted by Crippen LogP contribution is -2.57. The number of likely N-dealkylation sites (N-methyl/N-ethyl adjacent to an activating group) is 2. The van der Waals surface area contributed by atoms with Crippen molar-refractivity contribution in [3.63, 3.8) is 0 Å². The van der Waals surface area contributed by atoms with Crippen LogP contribution in [0.3, 0.4) is 0 Å². The van der Waals surface area contributed by atoms with Crippen molar-refractivity contribution in [1.82, 2.24) is 9.21 Å². The highest BCUT2D eigenvalue weighted by Crippen LogP contribution is 2.37. The maximum atomic E-state index is 13.6. The summed E-state index contributed by atoms with van der Waals surface area (Å²) in [6.45, 7) is 0.417. The number of hydrogen-bond donors (Lipinski definition) is 0. The summed E-state index contributed by atoms with van der Waals surface area (Å²) in [5.74, 6) is -0.574. The second-order valence-electron chi connectivity index (χ2n) is 5.81. The van der Waals surface area contributed by atoms with E-state index in [1.54, 1.807) is 7.05 Å². The molecule has 2 rings (SSSR count). The molecular weight excluding hydrogens is 359 g/mol. The molecule has 1 aromatic rings. The van der Waals surface area contributed by atoms with Crippen LogP contribution in [0, 0.1) is 5.82 Å². The van der Waals surface area contributed by atoms with Crippen molar-refractivity contribution in [3.8, 4) is 0 Å². The van der Waals surface area contributed by atoms with Gasteiger partial charge in [0.2, 0.25) is 10.0 Å². The second kappa shape index (κ2) is 5.95. The van der Waals surface area contributed by atoms with Crippen LogP contribution in [0.4, 0.5) is 4.39 Å². The molecule has 0 bridgehead atoms. The van der Waals surface area contributed by atoms with Gasteiger partial charge >= 0.3 is 0 Å². The minimum absolute atomic E-state index is 0.0149. The predicted molar refractivity (Wildman–Crippen MR) is 84.2 cm³/mol. The predicted octanol–water partition coefficient (Wildman–Crippen LogP) is 2.69. The molecule has 0 amide bonds. The number of sulfonamides is 1. The van der Waals surface area contributed by atoms with Gasteiger partial charge in [0.05, 0.1) is 9.37 Å². The van der Waals surface area contributed by atoms with E-state index in [0.29, 0.717) is 6.54 Å². The van der Waals surface area contributed by atoms with Crippen molar-refractivity contribution in [2.45, 2.75) is 29.7 Å². The highest BCUT2D eigenvalue weighted by molar-refractivity contribution is 9.10. The Balaban J connectivity index is 2.24. The Bertz CT molecular complexity index is 630. The highest BCUT2D eigenvalue weighted by Gasteiger charge is 2.42. The van der Waals surface area contributed by atoms with E-state index < -0.39 is 15.8 Å². The van der Waals surface area contributed by atoms with Crippen molar-refractivity contribution in [1.29, 1.82) is 0 Å². The molecule has 0 aliphatic heterocycles. The molecule has 0 saturated heterocycles. The van der Waals surface area contributed by atoms with Crippen LogP contribution in [0.15, 0.2) is 27.6 Å². The normalized spacial score (nSPS) is 18.0. The van der Waals surface area contributed by atoms with Gasteiger partial charge in [0.15, 0.2) is 0 Å². The molecule has 1 saturated carbocycles. The summed E-state index contributed by atoms with van der Waals surface area (Å²) in [6.07, 6.45) is 3.07. The summed E-state index contributed by atoms with van der Waals surface area (Å²) in [4.78, 5) is 2.07. The molecule has 1 aliphatic carbocycles. The topological polar surface area (TPSA) is 40.6 Å². The van der Waals surface area contributed by atoms with E-state index >= 15 is 0 Å². The van der Waals surface area contributed by atoms with Crippen LogP contribution < -0.4 is 0 Å². The van der Waals surface area contributed by atoms with Crippen molar-refractivity contribution < 1.29 is 12.8 Å². The first-order valence-corrected chi connectivity index (χ1v) is 9.01. The number of rotatable bonds is 5. The van der Waals surface area contributed by atoms with E-state index in [1.165, 1.54) is 16.4 Å². The molecule has 1 aromatic carbocycles. The molecule has 1 fully saturated rings. The molecule has 4 nitrogen and oxygen atoms in total. The molecule has 0 unspecified atom stereocenters. The van der Waals surface area contributed by atoms with E-state index in [2.05, 4.69) is 20.8 Å². The van der Waals surface area contributed by atoms with Gasteiger partial charge in [0.25, 0.3) is 0 Å². The molecule has 0 aromatic heterocycles.